The minimum Gasteiger partial charge on any atom is -0.388 e. The van der Waals surface area contributed by atoms with Crippen LogP contribution in [0.2, 0.25) is 0 Å². The molecule has 136 valence electrons. The van der Waals surface area contributed by atoms with Gasteiger partial charge in [0.2, 0.25) is 0 Å². The summed E-state index contributed by atoms with van der Waals surface area (Å²) < 4.78 is 6.08. The van der Waals surface area contributed by atoms with E-state index < -0.39 is 11.7 Å². The Kier molecular flexibility index (Phi) is 4.53. The standard InChI is InChI=1S/C21H24N2O3/c22-11-15-5-4-8-17(9-15)20(25)23-12-19(24)21(14-23)10-18(13-26-21)16-6-2-1-3-7-16/h1-9,18-19,24H,10-14,22H2/t18-,19-,21-/m1/s1. The molecular weight excluding hydrogens is 328 g/mol. The Hall–Kier alpha value is -2.21. The molecule has 2 fully saturated rings. The van der Waals surface area contributed by atoms with Gasteiger partial charge in [-0.15, -0.1) is 0 Å². The fourth-order valence-corrected chi connectivity index (χ4v) is 4.12. The van der Waals surface area contributed by atoms with E-state index in [0.717, 1.165) is 12.0 Å². The number of nitrogens with two attached hydrogens (primary N) is 1. The molecular formula is C21H24N2O3. The van der Waals surface area contributed by atoms with Crippen molar-refractivity contribution in [2.45, 2.75) is 30.6 Å². The summed E-state index contributed by atoms with van der Waals surface area (Å²) in [5.74, 6) is 0.171. The first-order valence-electron chi connectivity index (χ1n) is 9.06. The highest BCUT2D eigenvalue weighted by Gasteiger charge is 2.53. The lowest BCUT2D eigenvalue weighted by molar-refractivity contribution is -0.0591. The van der Waals surface area contributed by atoms with E-state index in [1.165, 1.54) is 5.56 Å². The maximum absolute atomic E-state index is 12.9. The van der Waals surface area contributed by atoms with Gasteiger partial charge in [-0.1, -0.05) is 42.5 Å². The lowest BCUT2D eigenvalue weighted by Crippen LogP contribution is -2.41. The molecule has 0 saturated carbocycles. The number of hydrogen-bond donors (Lipinski definition) is 2. The molecule has 3 atom stereocenters. The quantitative estimate of drug-likeness (QED) is 0.885. The number of β-amino-alcohol motifs (C(OH)–C–C–N with tert-alkyl or cyclic N) is 1. The second-order valence-corrected chi connectivity index (χ2v) is 7.29. The largest absolute Gasteiger partial charge is 0.388 e. The number of aliphatic hydroxyl groups excluding tert-OH is 1. The van der Waals surface area contributed by atoms with Crippen molar-refractivity contribution in [1.29, 1.82) is 0 Å². The van der Waals surface area contributed by atoms with Gasteiger partial charge < -0.3 is 20.5 Å². The van der Waals surface area contributed by atoms with Gasteiger partial charge in [-0.25, -0.2) is 0 Å². The van der Waals surface area contributed by atoms with Crippen molar-refractivity contribution in [2.75, 3.05) is 19.7 Å². The molecule has 1 spiro atoms. The summed E-state index contributed by atoms with van der Waals surface area (Å²) in [5.41, 5.74) is 7.76. The van der Waals surface area contributed by atoms with Gasteiger partial charge >= 0.3 is 0 Å². The first-order valence-corrected chi connectivity index (χ1v) is 9.06. The van der Waals surface area contributed by atoms with E-state index in [9.17, 15) is 9.90 Å². The number of amides is 1. The molecule has 2 aromatic rings. The fourth-order valence-electron chi connectivity index (χ4n) is 4.12. The zero-order chi connectivity index (χ0) is 18.1. The number of aliphatic hydroxyl groups is 1. The van der Waals surface area contributed by atoms with Crippen LogP contribution in [-0.2, 0) is 11.3 Å². The van der Waals surface area contributed by atoms with Gasteiger partial charge in [-0.05, 0) is 29.7 Å². The molecule has 5 heteroatoms. The van der Waals surface area contributed by atoms with Crippen LogP contribution in [0.4, 0.5) is 0 Å². The van der Waals surface area contributed by atoms with Crippen LogP contribution in [0, 0.1) is 0 Å². The third-order valence-electron chi connectivity index (χ3n) is 5.59. The Morgan fingerprint density at radius 3 is 2.81 bits per heavy atom. The van der Waals surface area contributed by atoms with Crippen LogP contribution in [0.5, 0.6) is 0 Å². The Labute approximate surface area is 153 Å². The smallest absolute Gasteiger partial charge is 0.254 e. The summed E-state index contributed by atoms with van der Waals surface area (Å²) in [6.45, 7) is 1.69. The SMILES string of the molecule is NCc1cccc(C(=O)N2C[C@@H](O)[C@@]3(C[C@@H](c4ccccc4)CO3)C2)c1. The number of hydrogen-bond acceptors (Lipinski definition) is 4. The van der Waals surface area contributed by atoms with Crippen molar-refractivity contribution in [3.63, 3.8) is 0 Å². The minimum atomic E-state index is -0.669. The summed E-state index contributed by atoms with van der Waals surface area (Å²) in [6.07, 6.45) is 0.0583. The Morgan fingerprint density at radius 2 is 2.04 bits per heavy atom. The van der Waals surface area contributed by atoms with Crippen LogP contribution < -0.4 is 5.73 Å². The summed E-state index contributed by atoms with van der Waals surface area (Å²) in [5, 5.41) is 10.7. The first kappa shape index (κ1) is 17.2. The molecule has 2 aliphatic rings. The molecule has 3 N–H and O–H groups in total. The molecule has 4 rings (SSSR count). The Balaban J connectivity index is 1.50. The molecule has 0 radical (unpaired) electrons. The molecule has 2 heterocycles. The van der Waals surface area contributed by atoms with Crippen molar-refractivity contribution in [3.8, 4) is 0 Å². The number of carbonyl (C=O) groups is 1. The highest BCUT2D eigenvalue weighted by molar-refractivity contribution is 5.94. The van der Waals surface area contributed by atoms with Gasteiger partial charge in [0.05, 0.1) is 13.2 Å². The van der Waals surface area contributed by atoms with Crippen LogP contribution >= 0.6 is 0 Å². The zero-order valence-electron chi connectivity index (χ0n) is 14.7. The van der Waals surface area contributed by atoms with Gasteiger partial charge in [0.1, 0.15) is 11.7 Å². The number of benzene rings is 2. The summed E-state index contributed by atoms with van der Waals surface area (Å²) in [4.78, 5) is 14.6. The van der Waals surface area contributed by atoms with Gasteiger partial charge in [0.25, 0.3) is 5.91 Å². The maximum atomic E-state index is 12.9. The number of rotatable bonds is 3. The van der Waals surface area contributed by atoms with Crippen molar-refractivity contribution >= 4 is 5.91 Å². The number of carbonyl (C=O) groups excluding carboxylic acids is 1. The minimum absolute atomic E-state index is 0.0806. The predicted octanol–water partition coefficient (Wildman–Crippen LogP) is 1.90. The first-order chi connectivity index (χ1) is 12.6. The van der Waals surface area contributed by atoms with Gasteiger partial charge in [-0.2, -0.15) is 0 Å². The van der Waals surface area contributed by atoms with E-state index in [2.05, 4.69) is 12.1 Å². The second-order valence-electron chi connectivity index (χ2n) is 7.29. The van der Waals surface area contributed by atoms with E-state index in [1.807, 2.05) is 36.4 Å². The normalized spacial score (nSPS) is 28.0. The molecule has 0 aromatic heterocycles. The molecule has 26 heavy (non-hydrogen) atoms. The van der Waals surface area contributed by atoms with E-state index >= 15 is 0 Å². The van der Waals surface area contributed by atoms with Crippen molar-refractivity contribution in [1.82, 2.24) is 4.90 Å². The van der Waals surface area contributed by atoms with Crippen molar-refractivity contribution in [3.05, 3.63) is 71.3 Å². The van der Waals surface area contributed by atoms with E-state index in [4.69, 9.17) is 10.5 Å². The van der Waals surface area contributed by atoms with E-state index in [-0.39, 0.29) is 11.8 Å². The maximum Gasteiger partial charge on any atom is 0.254 e. The summed E-state index contributed by atoms with van der Waals surface area (Å²) in [6, 6.07) is 17.6. The van der Waals surface area contributed by atoms with Crippen LogP contribution in [0.15, 0.2) is 54.6 Å². The molecule has 0 aliphatic carbocycles. The van der Waals surface area contributed by atoms with E-state index in [1.54, 1.807) is 11.0 Å². The summed E-state index contributed by atoms with van der Waals surface area (Å²) >= 11 is 0. The highest BCUT2D eigenvalue weighted by atomic mass is 16.5. The van der Waals surface area contributed by atoms with Crippen molar-refractivity contribution < 1.29 is 14.6 Å². The van der Waals surface area contributed by atoms with Crippen LogP contribution in [0.25, 0.3) is 0 Å². The molecule has 2 aromatic carbocycles. The lowest BCUT2D eigenvalue weighted by Gasteiger charge is -2.26. The molecule has 2 aliphatic heterocycles. The van der Waals surface area contributed by atoms with Crippen LogP contribution in [0.3, 0.4) is 0 Å². The average Bonchev–Trinajstić information content (AvgIpc) is 3.26. The Morgan fingerprint density at radius 1 is 1.23 bits per heavy atom. The summed E-state index contributed by atoms with van der Waals surface area (Å²) in [7, 11) is 0. The monoisotopic (exact) mass is 352 g/mol. The van der Waals surface area contributed by atoms with Gasteiger partial charge in [0, 0.05) is 24.6 Å². The zero-order valence-corrected chi connectivity index (χ0v) is 14.7. The second kappa shape index (κ2) is 6.83. The number of nitrogens with zero attached hydrogens (tertiary/aromatic N) is 1. The highest BCUT2D eigenvalue weighted by Crippen LogP contribution is 2.42. The lowest BCUT2D eigenvalue weighted by atomic mass is 9.87. The Bertz CT molecular complexity index is 795. The van der Waals surface area contributed by atoms with Gasteiger partial charge in [-0.3, -0.25) is 4.79 Å². The topological polar surface area (TPSA) is 75.8 Å². The van der Waals surface area contributed by atoms with Crippen LogP contribution in [-0.4, -0.2) is 47.3 Å². The number of ether oxygens (including phenoxy) is 1. The fraction of sp³-hybridized carbons (Fsp3) is 0.381. The third-order valence-corrected chi connectivity index (χ3v) is 5.59. The van der Waals surface area contributed by atoms with E-state index in [0.29, 0.717) is 31.8 Å². The molecule has 1 amide bonds. The predicted molar refractivity (Wildman–Crippen MR) is 98.7 cm³/mol. The van der Waals surface area contributed by atoms with Crippen LogP contribution in [0.1, 0.15) is 33.8 Å². The molecule has 0 unspecified atom stereocenters. The average molecular weight is 352 g/mol. The van der Waals surface area contributed by atoms with Gasteiger partial charge in [0.15, 0.2) is 0 Å². The molecule has 0 bridgehead atoms. The number of likely N-dealkylation sites (tertiary alicyclic amines) is 1. The molecule has 5 nitrogen and oxygen atoms in total. The van der Waals surface area contributed by atoms with Crippen molar-refractivity contribution in [2.24, 2.45) is 5.73 Å². The third kappa shape index (κ3) is 3.03. The molecule has 2 saturated heterocycles.